The average molecular weight is 194 g/mol. The Labute approximate surface area is 84.7 Å². The summed E-state index contributed by atoms with van der Waals surface area (Å²) in [6.45, 7) is 4.21. The second-order valence-corrected chi connectivity index (χ2v) is 4.32. The minimum Gasteiger partial charge on any atom is -0.393 e. The van der Waals surface area contributed by atoms with E-state index in [1.54, 1.807) is 0 Å². The van der Waals surface area contributed by atoms with Gasteiger partial charge in [0, 0.05) is 5.69 Å². The Morgan fingerprint density at radius 1 is 1.29 bits per heavy atom. The van der Waals surface area contributed by atoms with Crippen LogP contribution < -0.4 is 0 Å². The molecule has 0 radical (unpaired) electrons. The van der Waals surface area contributed by atoms with Crippen LogP contribution in [-0.4, -0.2) is 21.0 Å². The minimum atomic E-state index is -0.0804. The molecule has 14 heavy (non-hydrogen) atoms. The molecule has 0 bridgehead atoms. The van der Waals surface area contributed by atoms with Crippen molar-refractivity contribution in [1.29, 1.82) is 0 Å². The molecule has 0 amide bonds. The van der Waals surface area contributed by atoms with E-state index in [9.17, 15) is 5.11 Å². The van der Waals surface area contributed by atoms with E-state index >= 15 is 0 Å². The van der Waals surface area contributed by atoms with E-state index in [4.69, 9.17) is 0 Å². The zero-order chi connectivity index (χ0) is 10.1. The highest BCUT2D eigenvalue weighted by Crippen LogP contribution is 2.29. The first-order chi connectivity index (χ1) is 6.68. The lowest BCUT2D eigenvalue weighted by Crippen LogP contribution is -2.22. The van der Waals surface area contributed by atoms with Gasteiger partial charge in [-0.1, -0.05) is 0 Å². The predicted octanol–water partition coefficient (Wildman–Crippen LogP) is 1.98. The number of aliphatic hydroxyl groups excluding tert-OH is 1. The molecular formula is C11H18N2O. The van der Waals surface area contributed by atoms with Crippen molar-refractivity contribution >= 4 is 0 Å². The van der Waals surface area contributed by atoms with Crippen molar-refractivity contribution in [3.8, 4) is 0 Å². The second-order valence-electron chi connectivity index (χ2n) is 4.32. The van der Waals surface area contributed by atoms with Crippen LogP contribution in [0.4, 0.5) is 0 Å². The summed E-state index contributed by atoms with van der Waals surface area (Å²) >= 11 is 0. The topological polar surface area (TPSA) is 38.0 Å². The van der Waals surface area contributed by atoms with Gasteiger partial charge in [0.15, 0.2) is 0 Å². The first-order valence-corrected chi connectivity index (χ1v) is 5.37. The van der Waals surface area contributed by atoms with Crippen LogP contribution in [0, 0.1) is 13.8 Å². The predicted molar refractivity (Wildman–Crippen MR) is 55.2 cm³/mol. The second kappa shape index (κ2) is 3.73. The monoisotopic (exact) mass is 194 g/mol. The SMILES string of the molecule is Cc1cnn(C2CCC(O)CC2)c1C. The third kappa shape index (κ3) is 1.69. The van der Waals surface area contributed by atoms with Crippen molar-refractivity contribution in [3.05, 3.63) is 17.5 Å². The van der Waals surface area contributed by atoms with Crippen molar-refractivity contribution in [2.45, 2.75) is 51.7 Å². The number of aliphatic hydroxyl groups is 1. The Kier molecular flexibility index (Phi) is 2.59. The standard InChI is InChI=1S/C11H18N2O/c1-8-7-12-13(9(8)2)10-3-5-11(14)6-4-10/h7,10-11,14H,3-6H2,1-2H3. The van der Waals surface area contributed by atoms with Crippen LogP contribution in [-0.2, 0) is 0 Å². The first-order valence-electron chi connectivity index (χ1n) is 5.37. The largest absolute Gasteiger partial charge is 0.393 e. The van der Waals surface area contributed by atoms with Crippen molar-refractivity contribution in [2.75, 3.05) is 0 Å². The van der Waals surface area contributed by atoms with E-state index in [1.807, 2.05) is 6.20 Å². The van der Waals surface area contributed by atoms with Gasteiger partial charge in [0.1, 0.15) is 0 Å². The van der Waals surface area contributed by atoms with Gasteiger partial charge in [0.25, 0.3) is 0 Å². The Balaban J connectivity index is 2.12. The molecule has 3 heteroatoms. The number of aryl methyl sites for hydroxylation is 1. The van der Waals surface area contributed by atoms with E-state index < -0.39 is 0 Å². The summed E-state index contributed by atoms with van der Waals surface area (Å²) in [5.74, 6) is 0. The summed E-state index contributed by atoms with van der Waals surface area (Å²) in [4.78, 5) is 0. The molecule has 0 unspecified atom stereocenters. The lowest BCUT2D eigenvalue weighted by atomic mass is 9.93. The Bertz CT molecular complexity index is 311. The molecule has 0 spiro atoms. The maximum atomic E-state index is 9.42. The van der Waals surface area contributed by atoms with Crippen LogP contribution in [0.2, 0.25) is 0 Å². The maximum Gasteiger partial charge on any atom is 0.0541 e. The summed E-state index contributed by atoms with van der Waals surface area (Å²) in [6, 6.07) is 0.507. The van der Waals surface area contributed by atoms with Gasteiger partial charge in [-0.25, -0.2) is 0 Å². The number of hydrogen-bond donors (Lipinski definition) is 1. The average Bonchev–Trinajstić information content (AvgIpc) is 2.50. The highest BCUT2D eigenvalue weighted by atomic mass is 16.3. The highest BCUT2D eigenvalue weighted by molar-refractivity contribution is 5.14. The third-order valence-electron chi connectivity index (χ3n) is 3.30. The molecule has 1 aromatic rings. The van der Waals surface area contributed by atoms with Crippen LogP contribution in [0.3, 0.4) is 0 Å². The van der Waals surface area contributed by atoms with E-state index in [1.165, 1.54) is 11.3 Å². The van der Waals surface area contributed by atoms with E-state index in [0.29, 0.717) is 6.04 Å². The molecule has 1 saturated carbocycles. The summed E-state index contributed by atoms with van der Waals surface area (Å²) < 4.78 is 2.13. The minimum absolute atomic E-state index is 0.0804. The molecule has 1 aromatic heterocycles. The van der Waals surface area contributed by atoms with Gasteiger partial charge in [-0.15, -0.1) is 0 Å². The summed E-state index contributed by atoms with van der Waals surface area (Å²) in [5.41, 5.74) is 2.53. The molecular weight excluding hydrogens is 176 g/mol. The van der Waals surface area contributed by atoms with Gasteiger partial charge < -0.3 is 5.11 Å². The van der Waals surface area contributed by atoms with Gasteiger partial charge >= 0.3 is 0 Å². The number of hydrogen-bond acceptors (Lipinski definition) is 2. The van der Waals surface area contributed by atoms with Crippen molar-refractivity contribution in [1.82, 2.24) is 9.78 Å². The van der Waals surface area contributed by atoms with Gasteiger partial charge in [-0.05, 0) is 45.1 Å². The first kappa shape index (κ1) is 9.71. The van der Waals surface area contributed by atoms with Crippen molar-refractivity contribution in [2.24, 2.45) is 0 Å². The summed E-state index contributed by atoms with van der Waals surface area (Å²) in [6.07, 6.45) is 5.81. The fourth-order valence-corrected chi connectivity index (χ4v) is 2.18. The molecule has 0 saturated heterocycles. The zero-order valence-electron chi connectivity index (χ0n) is 8.90. The molecule has 1 N–H and O–H groups in total. The third-order valence-corrected chi connectivity index (χ3v) is 3.30. The van der Waals surface area contributed by atoms with E-state index in [0.717, 1.165) is 25.7 Å². The Hall–Kier alpha value is -0.830. The van der Waals surface area contributed by atoms with E-state index in [2.05, 4.69) is 23.6 Å². The van der Waals surface area contributed by atoms with E-state index in [-0.39, 0.29) is 6.10 Å². The van der Waals surface area contributed by atoms with Crippen molar-refractivity contribution < 1.29 is 5.11 Å². The quantitative estimate of drug-likeness (QED) is 0.742. The zero-order valence-corrected chi connectivity index (χ0v) is 8.90. The fourth-order valence-electron chi connectivity index (χ4n) is 2.18. The molecule has 1 fully saturated rings. The Morgan fingerprint density at radius 3 is 2.43 bits per heavy atom. The van der Waals surface area contributed by atoms with Crippen LogP contribution in [0.1, 0.15) is 43.0 Å². The van der Waals surface area contributed by atoms with Gasteiger partial charge in [-0.3, -0.25) is 4.68 Å². The summed E-state index contributed by atoms with van der Waals surface area (Å²) in [5, 5.41) is 13.8. The van der Waals surface area contributed by atoms with Crippen LogP contribution in [0.25, 0.3) is 0 Å². The van der Waals surface area contributed by atoms with Crippen molar-refractivity contribution in [3.63, 3.8) is 0 Å². The normalized spacial score (nSPS) is 27.9. The lowest BCUT2D eigenvalue weighted by Gasteiger charge is -2.26. The molecule has 0 aliphatic heterocycles. The fraction of sp³-hybridized carbons (Fsp3) is 0.727. The molecule has 1 heterocycles. The molecule has 0 aromatic carbocycles. The smallest absolute Gasteiger partial charge is 0.0541 e. The molecule has 1 aliphatic rings. The summed E-state index contributed by atoms with van der Waals surface area (Å²) in [7, 11) is 0. The number of nitrogens with zero attached hydrogens (tertiary/aromatic N) is 2. The number of aromatic nitrogens is 2. The molecule has 1 aliphatic carbocycles. The maximum absolute atomic E-state index is 9.42. The van der Waals surface area contributed by atoms with Gasteiger partial charge in [0.05, 0.1) is 18.3 Å². The highest BCUT2D eigenvalue weighted by Gasteiger charge is 2.22. The molecule has 3 nitrogen and oxygen atoms in total. The number of rotatable bonds is 1. The Morgan fingerprint density at radius 2 is 1.93 bits per heavy atom. The van der Waals surface area contributed by atoms with Crippen LogP contribution in [0.15, 0.2) is 6.20 Å². The van der Waals surface area contributed by atoms with Gasteiger partial charge in [-0.2, -0.15) is 5.10 Å². The molecule has 2 rings (SSSR count). The van der Waals surface area contributed by atoms with Crippen LogP contribution >= 0.6 is 0 Å². The van der Waals surface area contributed by atoms with Gasteiger partial charge in [0.2, 0.25) is 0 Å². The molecule has 78 valence electrons. The molecule has 0 atom stereocenters. The van der Waals surface area contributed by atoms with Crippen LogP contribution in [0.5, 0.6) is 0 Å². The lowest BCUT2D eigenvalue weighted by molar-refractivity contribution is 0.107.